The van der Waals surface area contributed by atoms with E-state index in [0.717, 1.165) is 21.4 Å². The first-order valence-electron chi connectivity index (χ1n) is 8.67. The summed E-state index contributed by atoms with van der Waals surface area (Å²) in [6.07, 6.45) is 0. The van der Waals surface area contributed by atoms with Crippen LogP contribution in [0.4, 0.5) is 0 Å². The maximum absolute atomic E-state index is 6.49. The van der Waals surface area contributed by atoms with Gasteiger partial charge < -0.3 is 4.98 Å². The predicted molar refractivity (Wildman–Crippen MR) is 112 cm³/mol. The van der Waals surface area contributed by atoms with E-state index in [1.807, 2.05) is 24.3 Å². The standard InChI is InChI=1S/C24H16ClN/c25-21-13-7-12-20-22-18(16-8-3-1-4-9-16)14-15-19(24(22)26-23(20)21)17-10-5-2-6-11-17/h1-15,26H. The molecule has 0 unspecified atom stereocenters. The molecular formula is C24H16ClN. The number of hydrogen-bond acceptors (Lipinski definition) is 0. The van der Waals surface area contributed by atoms with E-state index < -0.39 is 0 Å². The zero-order valence-electron chi connectivity index (χ0n) is 14.0. The summed E-state index contributed by atoms with van der Waals surface area (Å²) in [5.41, 5.74) is 6.92. The number of hydrogen-bond donors (Lipinski definition) is 1. The summed E-state index contributed by atoms with van der Waals surface area (Å²) in [6.45, 7) is 0. The van der Waals surface area contributed by atoms with Gasteiger partial charge in [-0.1, -0.05) is 96.5 Å². The van der Waals surface area contributed by atoms with Gasteiger partial charge in [0.25, 0.3) is 0 Å². The van der Waals surface area contributed by atoms with Crippen LogP contribution in [0.15, 0.2) is 91.0 Å². The van der Waals surface area contributed by atoms with E-state index in [9.17, 15) is 0 Å². The number of halogens is 1. The van der Waals surface area contributed by atoms with Crippen LogP contribution in [0, 0.1) is 0 Å². The third kappa shape index (κ3) is 2.33. The second kappa shape index (κ2) is 6.05. The number of para-hydroxylation sites is 1. The van der Waals surface area contributed by atoms with Gasteiger partial charge in [0.15, 0.2) is 0 Å². The van der Waals surface area contributed by atoms with Crippen molar-refractivity contribution in [3.05, 3.63) is 96.0 Å². The first kappa shape index (κ1) is 15.2. The summed E-state index contributed by atoms with van der Waals surface area (Å²) in [5.74, 6) is 0. The highest BCUT2D eigenvalue weighted by molar-refractivity contribution is 6.37. The number of benzene rings is 4. The van der Waals surface area contributed by atoms with Gasteiger partial charge >= 0.3 is 0 Å². The lowest BCUT2D eigenvalue weighted by molar-refractivity contribution is 1.53. The Morgan fingerprint density at radius 2 is 1.15 bits per heavy atom. The van der Waals surface area contributed by atoms with Gasteiger partial charge in [-0.05, 0) is 22.8 Å². The molecule has 1 N–H and O–H groups in total. The Kier molecular flexibility index (Phi) is 3.55. The molecule has 5 aromatic rings. The number of H-pyrrole nitrogens is 1. The van der Waals surface area contributed by atoms with Gasteiger partial charge in [-0.3, -0.25) is 0 Å². The van der Waals surface area contributed by atoms with Gasteiger partial charge in [0.05, 0.1) is 16.1 Å². The van der Waals surface area contributed by atoms with Gasteiger partial charge in [0.1, 0.15) is 0 Å². The van der Waals surface area contributed by atoms with Crippen LogP contribution in [-0.2, 0) is 0 Å². The minimum Gasteiger partial charge on any atom is -0.353 e. The lowest BCUT2D eigenvalue weighted by Crippen LogP contribution is -1.84. The molecule has 0 amide bonds. The molecule has 0 fully saturated rings. The average Bonchev–Trinajstić information content (AvgIpc) is 3.10. The SMILES string of the molecule is Clc1cccc2c1[nH]c1c(-c3ccccc3)ccc(-c3ccccc3)c12. The van der Waals surface area contributed by atoms with Gasteiger partial charge in [0, 0.05) is 16.3 Å². The monoisotopic (exact) mass is 353 g/mol. The van der Waals surface area contributed by atoms with Crippen molar-refractivity contribution in [1.82, 2.24) is 4.98 Å². The van der Waals surface area contributed by atoms with E-state index in [2.05, 4.69) is 71.7 Å². The summed E-state index contributed by atoms with van der Waals surface area (Å²) in [4.78, 5) is 3.59. The normalized spacial score (nSPS) is 11.3. The lowest BCUT2D eigenvalue weighted by Gasteiger charge is -2.09. The second-order valence-electron chi connectivity index (χ2n) is 6.43. The predicted octanol–water partition coefficient (Wildman–Crippen LogP) is 7.31. The van der Waals surface area contributed by atoms with Crippen molar-refractivity contribution in [2.45, 2.75) is 0 Å². The van der Waals surface area contributed by atoms with Crippen LogP contribution in [0.1, 0.15) is 0 Å². The van der Waals surface area contributed by atoms with E-state index in [4.69, 9.17) is 11.6 Å². The Labute approximate surface area is 156 Å². The fraction of sp³-hybridized carbons (Fsp3) is 0. The van der Waals surface area contributed by atoms with Crippen molar-refractivity contribution in [1.29, 1.82) is 0 Å². The zero-order valence-corrected chi connectivity index (χ0v) is 14.8. The molecule has 0 aliphatic rings. The molecule has 26 heavy (non-hydrogen) atoms. The van der Waals surface area contributed by atoms with Gasteiger partial charge in [-0.2, -0.15) is 0 Å². The van der Waals surface area contributed by atoms with Crippen LogP contribution < -0.4 is 0 Å². The third-order valence-corrected chi connectivity index (χ3v) is 5.22. The molecule has 0 bridgehead atoms. The van der Waals surface area contributed by atoms with Gasteiger partial charge in [-0.25, -0.2) is 0 Å². The van der Waals surface area contributed by atoms with E-state index in [-0.39, 0.29) is 0 Å². The molecule has 0 atom stereocenters. The number of rotatable bonds is 2. The summed E-state index contributed by atoms with van der Waals surface area (Å²) in [6, 6.07) is 31.5. The molecular weight excluding hydrogens is 338 g/mol. The highest BCUT2D eigenvalue weighted by Gasteiger charge is 2.15. The van der Waals surface area contributed by atoms with Crippen molar-refractivity contribution in [2.24, 2.45) is 0 Å². The van der Waals surface area contributed by atoms with E-state index >= 15 is 0 Å². The maximum atomic E-state index is 6.49. The first-order chi connectivity index (χ1) is 12.8. The largest absolute Gasteiger partial charge is 0.353 e. The van der Waals surface area contributed by atoms with Crippen LogP contribution in [-0.4, -0.2) is 4.98 Å². The molecule has 1 nitrogen and oxygen atoms in total. The highest BCUT2D eigenvalue weighted by atomic mass is 35.5. The summed E-state index contributed by atoms with van der Waals surface area (Å²) in [7, 11) is 0. The molecule has 5 rings (SSSR count). The number of aromatic amines is 1. The minimum atomic E-state index is 0.747. The van der Waals surface area contributed by atoms with Gasteiger partial charge in [-0.15, -0.1) is 0 Å². The Balaban J connectivity index is 1.94. The van der Waals surface area contributed by atoms with Crippen molar-refractivity contribution in [3.63, 3.8) is 0 Å². The first-order valence-corrected chi connectivity index (χ1v) is 9.04. The minimum absolute atomic E-state index is 0.747. The third-order valence-electron chi connectivity index (χ3n) is 4.91. The number of fused-ring (bicyclic) bond motifs is 3. The van der Waals surface area contributed by atoms with E-state index in [0.29, 0.717) is 0 Å². The summed E-state index contributed by atoms with van der Waals surface area (Å²) in [5, 5.41) is 3.12. The van der Waals surface area contributed by atoms with Crippen molar-refractivity contribution >= 4 is 33.4 Å². The smallest absolute Gasteiger partial charge is 0.0654 e. The maximum Gasteiger partial charge on any atom is 0.0654 e. The Bertz CT molecular complexity index is 1220. The van der Waals surface area contributed by atoms with Crippen molar-refractivity contribution in [2.75, 3.05) is 0 Å². The van der Waals surface area contributed by atoms with Crippen LogP contribution in [0.25, 0.3) is 44.1 Å². The van der Waals surface area contributed by atoms with Crippen LogP contribution in [0.5, 0.6) is 0 Å². The molecule has 1 heterocycles. The molecule has 2 heteroatoms. The average molecular weight is 354 g/mol. The number of nitrogens with one attached hydrogen (secondary N) is 1. The molecule has 4 aromatic carbocycles. The number of aromatic nitrogens is 1. The van der Waals surface area contributed by atoms with Crippen molar-refractivity contribution in [3.8, 4) is 22.3 Å². The zero-order chi connectivity index (χ0) is 17.5. The van der Waals surface area contributed by atoms with E-state index in [1.165, 1.54) is 27.6 Å². The van der Waals surface area contributed by atoms with Crippen LogP contribution in [0.2, 0.25) is 5.02 Å². The molecule has 0 radical (unpaired) electrons. The highest BCUT2D eigenvalue weighted by Crippen LogP contribution is 2.41. The fourth-order valence-electron chi connectivity index (χ4n) is 3.71. The topological polar surface area (TPSA) is 15.8 Å². The molecule has 124 valence electrons. The Morgan fingerprint density at radius 1 is 0.538 bits per heavy atom. The Morgan fingerprint density at radius 3 is 1.85 bits per heavy atom. The lowest BCUT2D eigenvalue weighted by atomic mass is 9.94. The van der Waals surface area contributed by atoms with E-state index in [1.54, 1.807) is 0 Å². The fourth-order valence-corrected chi connectivity index (χ4v) is 3.94. The van der Waals surface area contributed by atoms with Crippen LogP contribution in [0.3, 0.4) is 0 Å². The molecule has 0 aliphatic carbocycles. The van der Waals surface area contributed by atoms with Gasteiger partial charge in [0.2, 0.25) is 0 Å². The van der Waals surface area contributed by atoms with Crippen molar-refractivity contribution < 1.29 is 0 Å². The molecule has 1 aromatic heterocycles. The quantitative estimate of drug-likeness (QED) is 0.342. The summed E-state index contributed by atoms with van der Waals surface area (Å²) >= 11 is 6.49. The molecule has 0 saturated heterocycles. The molecule has 0 aliphatic heterocycles. The summed E-state index contributed by atoms with van der Waals surface area (Å²) < 4.78 is 0. The Hall–Kier alpha value is -3.03. The second-order valence-corrected chi connectivity index (χ2v) is 6.84. The van der Waals surface area contributed by atoms with Crippen LogP contribution >= 0.6 is 11.6 Å². The molecule has 0 saturated carbocycles. The molecule has 0 spiro atoms.